The van der Waals surface area contributed by atoms with Crippen molar-refractivity contribution in [2.75, 3.05) is 13.1 Å². The number of aliphatic imine (C=N–C) groups is 1. The molecule has 5 amide bonds. The maximum Gasteiger partial charge on any atom is 0.414 e. The summed E-state index contributed by atoms with van der Waals surface area (Å²) in [7, 11) is 0. The van der Waals surface area contributed by atoms with E-state index in [0.29, 0.717) is 0 Å². The Kier molecular flexibility index (Phi) is 6.28. The number of urea groups is 1. The number of alkyl carbamates (subject to hydrolysis) is 1. The molecule has 1 aromatic rings. The topological polar surface area (TPSA) is 164 Å². The second-order valence-electron chi connectivity index (χ2n) is 8.85. The molecular weight excluding hydrogens is 446 g/mol. The fourth-order valence-electron chi connectivity index (χ4n) is 3.96. The molecule has 0 aliphatic carbocycles. The smallest absolute Gasteiger partial charge is 0.414 e. The number of hydrogen-bond donors (Lipinski definition) is 3. The van der Waals surface area contributed by atoms with Gasteiger partial charge in [0.05, 0.1) is 24.0 Å². The predicted octanol–water partition coefficient (Wildman–Crippen LogP) is 0.226. The highest BCUT2D eigenvalue weighted by Crippen LogP contribution is 2.44. The van der Waals surface area contributed by atoms with Crippen LogP contribution in [0.2, 0.25) is 0 Å². The first kappa shape index (κ1) is 23.3. The molecule has 0 aromatic carbocycles. The molecule has 4 unspecified atom stereocenters. The average molecular weight is 471 g/mol. The molecule has 3 aliphatic rings. The van der Waals surface area contributed by atoms with E-state index in [4.69, 9.17) is 9.47 Å². The van der Waals surface area contributed by atoms with Gasteiger partial charge in [-0.3, -0.25) is 25.1 Å². The van der Waals surface area contributed by atoms with Gasteiger partial charge in [-0.15, -0.1) is 0 Å². The zero-order valence-electron chi connectivity index (χ0n) is 18.8. The molecule has 34 heavy (non-hydrogen) atoms. The van der Waals surface area contributed by atoms with E-state index in [0.717, 1.165) is 4.90 Å². The fraction of sp³-hybridized carbons (Fsp3) is 0.476. The maximum absolute atomic E-state index is 12.6. The zero-order valence-corrected chi connectivity index (χ0v) is 18.8. The van der Waals surface area contributed by atoms with Crippen LogP contribution in [0, 0.1) is 11.8 Å². The van der Waals surface area contributed by atoms with Crippen molar-refractivity contribution in [3.63, 3.8) is 0 Å². The Labute approximate surface area is 195 Å². The summed E-state index contributed by atoms with van der Waals surface area (Å²) in [6.07, 6.45) is 4.93. The third kappa shape index (κ3) is 5.03. The monoisotopic (exact) mass is 471 g/mol. The molecule has 2 fully saturated rings. The minimum absolute atomic E-state index is 0.000817. The fourth-order valence-corrected chi connectivity index (χ4v) is 3.96. The van der Waals surface area contributed by atoms with E-state index in [9.17, 15) is 19.2 Å². The molecule has 3 N–H and O–H groups in total. The Morgan fingerprint density at radius 3 is 2.29 bits per heavy atom. The quantitative estimate of drug-likeness (QED) is 0.243. The Hall–Kier alpha value is -3.87. The van der Waals surface area contributed by atoms with Crippen LogP contribution in [0.4, 0.5) is 15.5 Å². The van der Waals surface area contributed by atoms with Crippen LogP contribution in [-0.2, 0) is 19.1 Å². The summed E-state index contributed by atoms with van der Waals surface area (Å²) >= 11 is 0. The number of nitrogens with one attached hydrogen (secondary N) is 3. The number of guanidine groups is 1. The molecule has 4 rings (SSSR count). The van der Waals surface area contributed by atoms with Crippen molar-refractivity contribution < 1.29 is 28.7 Å². The largest absolute Gasteiger partial charge is 0.444 e. The predicted molar refractivity (Wildman–Crippen MR) is 117 cm³/mol. The standard InChI is InChI=1S/C21H25N7O6/c1-21(2,3)34-20(32)27-18(25-17-22-7-4-8-23-17)26-19(31)24-9-10-28-15(29)13-11-5-6-12(33-11)14(13)16(28)30/h4-8,11-14H,9-10H2,1-3H3,(H3,22,23,24,25,26,27,31,32). The molecule has 0 radical (unpaired) electrons. The van der Waals surface area contributed by atoms with Gasteiger partial charge < -0.3 is 14.8 Å². The van der Waals surface area contributed by atoms with Crippen molar-refractivity contribution in [2.45, 2.75) is 38.6 Å². The summed E-state index contributed by atoms with van der Waals surface area (Å²) in [6.45, 7) is 5.06. The number of aromatic nitrogens is 2. The number of hydrogen-bond acceptors (Lipinski definition) is 9. The van der Waals surface area contributed by atoms with Gasteiger partial charge in [-0.1, -0.05) is 12.2 Å². The molecule has 13 heteroatoms. The van der Waals surface area contributed by atoms with E-state index in [1.165, 1.54) is 12.4 Å². The number of fused-ring (bicyclic) bond motifs is 5. The molecule has 2 saturated heterocycles. The molecule has 13 nitrogen and oxygen atoms in total. The summed E-state index contributed by atoms with van der Waals surface area (Å²) in [6, 6.07) is 0.859. The van der Waals surface area contributed by atoms with E-state index in [1.54, 1.807) is 39.0 Å². The van der Waals surface area contributed by atoms with Crippen LogP contribution >= 0.6 is 0 Å². The van der Waals surface area contributed by atoms with Gasteiger partial charge in [0.1, 0.15) is 5.60 Å². The first-order valence-electron chi connectivity index (χ1n) is 10.7. The lowest BCUT2D eigenvalue weighted by Crippen LogP contribution is -2.50. The molecule has 180 valence electrons. The van der Waals surface area contributed by atoms with Gasteiger partial charge in [0, 0.05) is 25.5 Å². The summed E-state index contributed by atoms with van der Waals surface area (Å²) in [4.78, 5) is 62.8. The number of nitrogens with zero attached hydrogens (tertiary/aromatic N) is 4. The lowest BCUT2D eigenvalue weighted by Gasteiger charge is -2.20. The summed E-state index contributed by atoms with van der Waals surface area (Å²) in [5, 5.41) is 7.26. The van der Waals surface area contributed by atoms with Crippen molar-refractivity contribution in [2.24, 2.45) is 16.8 Å². The van der Waals surface area contributed by atoms with Crippen molar-refractivity contribution in [1.82, 2.24) is 30.8 Å². The normalized spacial score (nSPS) is 25.4. The van der Waals surface area contributed by atoms with E-state index >= 15 is 0 Å². The summed E-state index contributed by atoms with van der Waals surface area (Å²) in [5.74, 6) is -1.87. The first-order chi connectivity index (χ1) is 16.1. The zero-order chi connectivity index (χ0) is 24.5. The number of carbonyl (C=O) groups excluding carboxylic acids is 4. The molecular formula is C21H25N7O6. The third-order valence-electron chi connectivity index (χ3n) is 5.24. The number of carbonyl (C=O) groups is 4. The van der Waals surface area contributed by atoms with E-state index in [1.807, 2.05) is 0 Å². The van der Waals surface area contributed by atoms with E-state index in [-0.39, 0.29) is 49.0 Å². The van der Waals surface area contributed by atoms with Crippen LogP contribution in [0.25, 0.3) is 0 Å². The summed E-state index contributed by atoms with van der Waals surface area (Å²) < 4.78 is 10.8. The highest BCUT2D eigenvalue weighted by Gasteiger charge is 2.60. The van der Waals surface area contributed by atoms with Crippen molar-refractivity contribution >= 4 is 35.8 Å². The SMILES string of the molecule is CC(C)(C)OC(=O)NC(=Nc1ncccn1)NC(=O)NCCN1C(=O)C2C3C=CC(O3)C2C1=O. The highest BCUT2D eigenvalue weighted by molar-refractivity contribution is 6.07. The van der Waals surface area contributed by atoms with Crippen LogP contribution < -0.4 is 16.0 Å². The Bertz CT molecular complexity index is 1020. The molecule has 4 heterocycles. The lowest BCUT2D eigenvalue weighted by atomic mass is 9.85. The van der Waals surface area contributed by atoms with Gasteiger partial charge in [-0.05, 0) is 26.8 Å². The number of likely N-dealkylation sites (tertiary alicyclic amines) is 1. The van der Waals surface area contributed by atoms with Gasteiger partial charge in [-0.2, -0.15) is 4.99 Å². The van der Waals surface area contributed by atoms with Crippen molar-refractivity contribution in [1.29, 1.82) is 0 Å². The molecule has 0 spiro atoms. The Balaban J connectivity index is 1.33. The van der Waals surface area contributed by atoms with Gasteiger partial charge in [0.15, 0.2) is 0 Å². The molecule has 3 aliphatic heterocycles. The van der Waals surface area contributed by atoms with Crippen molar-refractivity contribution in [3.8, 4) is 0 Å². The van der Waals surface area contributed by atoms with Crippen LogP contribution in [0.15, 0.2) is 35.6 Å². The van der Waals surface area contributed by atoms with Gasteiger partial charge in [0.25, 0.3) is 5.95 Å². The number of amides is 5. The first-order valence-corrected chi connectivity index (χ1v) is 10.7. The summed E-state index contributed by atoms with van der Waals surface area (Å²) in [5.41, 5.74) is -0.770. The van der Waals surface area contributed by atoms with Gasteiger partial charge in [0.2, 0.25) is 17.8 Å². The molecule has 0 saturated carbocycles. The lowest BCUT2D eigenvalue weighted by molar-refractivity contribution is -0.142. The van der Waals surface area contributed by atoms with Gasteiger partial charge in [-0.25, -0.2) is 19.6 Å². The van der Waals surface area contributed by atoms with Crippen molar-refractivity contribution in [3.05, 3.63) is 30.6 Å². The number of rotatable bonds is 4. The average Bonchev–Trinajstić information content (AvgIpc) is 3.42. The maximum atomic E-state index is 12.6. The minimum Gasteiger partial charge on any atom is -0.444 e. The molecule has 4 atom stereocenters. The van der Waals surface area contributed by atoms with E-state index in [2.05, 4.69) is 30.9 Å². The van der Waals surface area contributed by atoms with E-state index < -0.39 is 29.6 Å². The molecule has 1 aromatic heterocycles. The third-order valence-corrected chi connectivity index (χ3v) is 5.24. The minimum atomic E-state index is -0.840. The Morgan fingerprint density at radius 2 is 1.71 bits per heavy atom. The molecule has 2 bridgehead atoms. The van der Waals surface area contributed by atoms with Crippen LogP contribution in [0.3, 0.4) is 0 Å². The Morgan fingerprint density at radius 1 is 1.09 bits per heavy atom. The van der Waals surface area contributed by atoms with Crippen LogP contribution in [0.1, 0.15) is 20.8 Å². The van der Waals surface area contributed by atoms with Crippen LogP contribution in [-0.4, -0.2) is 75.7 Å². The number of imide groups is 1. The van der Waals surface area contributed by atoms with Gasteiger partial charge >= 0.3 is 12.1 Å². The van der Waals surface area contributed by atoms with Crippen LogP contribution in [0.5, 0.6) is 0 Å². The highest BCUT2D eigenvalue weighted by atomic mass is 16.6. The second kappa shape index (κ2) is 9.17. The number of ether oxygens (including phenoxy) is 2. The second-order valence-corrected chi connectivity index (χ2v) is 8.85.